The molecule has 19 heavy (non-hydrogen) atoms. The summed E-state index contributed by atoms with van der Waals surface area (Å²) in [6.45, 7) is 5.29. The minimum Gasteiger partial charge on any atom is -0.317 e. The fraction of sp³-hybridized carbons (Fsp3) is 0.800. The Bertz CT molecular complexity index is 410. The third-order valence-electron chi connectivity index (χ3n) is 4.38. The van der Waals surface area contributed by atoms with Crippen LogP contribution in [0, 0.1) is 5.92 Å². The number of aromatic nitrogens is 2. The first-order valence-electron chi connectivity index (χ1n) is 7.60. The summed E-state index contributed by atoms with van der Waals surface area (Å²) in [5, 5.41) is 8.18. The molecule has 1 unspecified atom stereocenters. The van der Waals surface area contributed by atoms with Crippen molar-refractivity contribution in [2.24, 2.45) is 5.92 Å². The SMILES string of the molecule is CCc1nn(CC)c(CC(CC2CCC2)NC)c1Br. The van der Waals surface area contributed by atoms with Crippen molar-refractivity contribution in [2.75, 3.05) is 7.05 Å². The van der Waals surface area contributed by atoms with Crippen LogP contribution in [0.5, 0.6) is 0 Å². The van der Waals surface area contributed by atoms with Gasteiger partial charge in [-0.05, 0) is 48.7 Å². The molecule has 2 rings (SSSR count). The van der Waals surface area contributed by atoms with E-state index in [-0.39, 0.29) is 0 Å². The third kappa shape index (κ3) is 3.40. The van der Waals surface area contributed by atoms with E-state index < -0.39 is 0 Å². The summed E-state index contributed by atoms with van der Waals surface area (Å²) in [7, 11) is 2.09. The van der Waals surface area contributed by atoms with Crippen molar-refractivity contribution >= 4 is 15.9 Å². The molecule has 1 saturated carbocycles. The van der Waals surface area contributed by atoms with Gasteiger partial charge in [-0.15, -0.1) is 0 Å². The second kappa shape index (κ2) is 6.89. The third-order valence-corrected chi connectivity index (χ3v) is 5.30. The first-order valence-corrected chi connectivity index (χ1v) is 8.40. The highest BCUT2D eigenvalue weighted by Gasteiger charge is 2.23. The van der Waals surface area contributed by atoms with E-state index in [0.29, 0.717) is 6.04 Å². The van der Waals surface area contributed by atoms with Crippen LogP contribution in [0.2, 0.25) is 0 Å². The molecule has 1 heterocycles. The minimum atomic E-state index is 0.577. The highest BCUT2D eigenvalue weighted by Crippen LogP contribution is 2.32. The highest BCUT2D eigenvalue weighted by molar-refractivity contribution is 9.10. The molecule has 1 atom stereocenters. The zero-order chi connectivity index (χ0) is 13.8. The second-order valence-corrected chi connectivity index (χ2v) is 6.39. The van der Waals surface area contributed by atoms with Gasteiger partial charge in [-0.3, -0.25) is 4.68 Å². The number of hydrogen-bond acceptors (Lipinski definition) is 2. The van der Waals surface area contributed by atoms with Crippen LogP contribution >= 0.6 is 15.9 Å². The fourth-order valence-electron chi connectivity index (χ4n) is 2.88. The number of likely N-dealkylation sites (N-methyl/N-ethyl adjacent to an activating group) is 1. The Morgan fingerprint density at radius 1 is 1.42 bits per heavy atom. The van der Waals surface area contributed by atoms with E-state index in [1.54, 1.807) is 0 Å². The van der Waals surface area contributed by atoms with Crippen molar-refractivity contribution < 1.29 is 0 Å². The van der Waals surface area contributed by atoms with Crippen LogP contribution in [0.15, 0.2) is 4.47 Å². The first-order chi connectivity index (χ1) is 9.19. The van der Waals surface area contributed by atoms with Crippen LogP contribution in [-0.4, -0.2) is 22.9 Å². The van der Waals surface area contributed by atoms with Crippen molar-refractivity contribution in [3.63, 3.8) is 0 Å². The lowest BCUT2D eigenvalue weighted by atomic mass is 9.80. The van der Waals surface area contributed by atoms with Gasteiger partial charge in [0, 0.05) is 19.0 Å². The Hall–Kier alpha value is -0.350. The van der Waals surface area contributed by atoms with E-state index in [9.17, 15) is 0 Å². The van der Waals surface area contributed by atoms with Crippen LogP contribution in [0.25, 0.3) is 0 Å². The minimum absolute atomic E-state index is 0.577. The van der Waals surface area contributed by atoms with Gasteiger partial charge in [-0.1, -0.05) is 26.2 Å². The molecular weight excluding hydrogens is 302 g/mol. The number of nitrogens with zero attached hydrogens (tertiary/aromatic N) is 2. The molecule has 0 aliphatic heterocycles. The maximum absolute atomic E-state index is 4.69. The predicted molar refractivity (Wildman–Crippen MR) is 83.5 cm³/mol. The quantitative estimate of drug-likeness (QED) is 0.830. The van der Waals surface area contributed by atoms with Crippen LogP contribution in [-0.2, 0) is 19.4 Å². The average Bonchev–Trinajstić information content (AvgIpc) is 2.68. The van der Waals surface area contributed by atoms with Crippen LogP contribution < -0.4 is 5.32 Å². The number of halogens is 1. The molecule has 108 valence electrons. The Morgan fingerprint density at radius 2 is 2.16 bits per heavy atom. The Labute approximate surface area is 125 Å². The van der Waals surface area contributed by atoms with Crippen LogP contribution in [0.4, 0.5) is 0 Å². The van der Waals surface area contributed by atoms with E-state index in [4.69, 9.17) is 0 Å². The van der Waals surface area contributed by atoms with Gasteiger partial charge < -0.3 is 5.32 Å². The normalized spacial score (nSPS) is 17.5. The molecule has 0 aromatic carbocycles. The second-order valence-electron chi connectivity index (χ2n) is 5.60. The smallest absolute Gasteiger partial charge is 0.0766 e. The average molecular weight is 328 g/mol. The summed E-state index contributed by atoms with van der Waals surface area (Å²) in [5.41, 5.74) is 2.55. The van der Waals surface area contributed by atoms with Gasteiger partial charge in [-0.2, -0.15) is 5.10 Å². The maximum Gasteiger partial charge on any atom is 0.0766 e. The van der Waals surface area contributed by atoms with Crippen molar-refractivity contribution in [1.82, 2.24) is 15.1 Å². The first kappa shape index (κ1) is 15.0. The maximum atomic E-state index is 4.69. The lowest BCUT2D eigenvalue weighted by Crippen LogP contribution is -2.32. The monoisotopic (exact) mass is 327 g/mol. The van der Waals surface area contributed by atoms with Gasteiger partial charge in [0.15, 0.2) is 0 Å². The van der Waals surface area contributed by atoms with E-state index in [2.05, 4.69) is 51.9 Å². The molecule has 1 aromatic heterocycles. The molecule has 0 saturated heterocycles. The van der Waals surface area contributed by atoms with Crippen LogP contribution in [0.3, 0.4) is 0 Å². The lowest BCUT2D eigenvalue weighted by Gasteiger charge is -2.29. The van der Waals surface area contributed by atoms with E-state index in [1.807, 2.05) is 0 Å². The summed E-state index contributed by atoms with van der Waals surface area (Å²) in [6.07, 6.45) is 7.65. The number of hydrogen-bond donors (Lipinski definition) is 1. The molecule has 0 radical (unpaired) electrons. The highest BCUT2D eigenvalue weighted by atomic mass is 79.9. The number of nitrogens with one attached hydrogen (secondary N) is 1. The molecule has 1 aliphatic rings. The van der Waals surface area contributed by atoms with E-state index in [0.717, 1.165) is 25.3 Å². The molecule has 1 N–H and O–H groups in total. The van der Waals surface area contributed by atoms with E-state index >= 15 is 0 Å². The topological polar surface area (TPSA) is 29.9 Å². The predicted octanol–water partition coefficient (Wildman–Crippen LogP) is 3.55. The van der Waals surface area contributed by atoms with Crippen molar-refractivity contribution in [2.45, 2.75) is 65.0 Å². The fourth-order valence-corrected chi connectivity index (χ4v) is 3.61. The molecular formula is C15H26BrN3. The Morgan fingerprint density at radius 3 is 2.63 bits per heavy atom. The molecule has 0 bridgehead atoms. The molecule has 1 aliphatic carbocycles. The van der Waals surface area contributed by atoms with Gasteiger partial charge in [0.2, 0.25) is 0 Å². The largest absolute Gasteiger partial charge is 0.317 e. The summed E-state index contributed by atoms with van der Waals surface area (Å²) in [5.74, 6) is 0.944. The van der Waals surface area contributed by atoms with Gasteiger partial charge in [0.05, 0.1) is 15.9 Å². The Balaban J connectivity index is 2.08. The zero-order valence-corrected chi connectivity index (χ0v) is 14.0. The molecule has 0 amide bonds. The van der Waals surface area contributed by atoms with Gasteiger partial charge >= 0.3 is 0 Å². The Kier molecular flexibility index (Phi) is 5.46. The summed E-state index contributed by atoms with van der Waals surface area (Å²) < 4.78 is 3.39. The number of aryl methyl sites for hydroxylation is 2. The van der Waals surface area contributed by atoms with Crippen molar-refractivity contribution in [1.29, 1.82) is 0 Å². The van der Waals surface area contributed by atoms with Gasteiger partial charge in [0.25, 0.3) is 0 Å². The van der Waals surface area contributed by atoms with Crippen LogP contribution in [0.1, 0.15) is 50.9 Å². The van der Waals surface area contributed by atoms with Crippen molar-refractivity contribution in [3.8, 4) is 0 Å². The van der Waals surface area contributed by atoms with E-state index in [1.165, 1.54) is 41.5 Å². The summed E-state index contributed by atoms with van der Waals surface area (Å²) in [6, 6.07) is 0.577. The molecule has 4 heteroatoms. The number of rotatable bonds is 7. The standard InChI is InChI=1S/C15H26BrN3/c1-4-13-15(16)14(19(5-2)18-13)10-12(17-3)9-11-7-6-8-11/h11-12,17H,4-10H2,1-3H3. The van der Waals surface area contributed by atoms with Gasteiger partial charge in [0.1, 0.15) is 0 Å². The summed E-state index contributed by atoms with van der Waals surface area (Å²) in [4.78, 5) is 0. The molecule has 1 fully saturated rings. The zero-order valence-electron chi connectivity index (χ0n) is 12.4. The lowest BCUT2D eigenvalue weighted by molar-refractivity contribution is 0.262. The van der Waals surface area contributed by atoms with Crippen molar-refractivity contribution in [3.05, 3.63) is 15.9 Å². The molecule has 0 spiro atoms. The molecule has 3 nitrogen and oxygen atoms in total. The molecule has 1 aromatic rings. The van der Waals surface area contributed by atoms with Gasteiger partial charge in [-0.25, -0.2) is 0 Å². The summed E-state index contributed by atoms with van der Waals surface area (Å²) >= 11 is 3.75.